The van der Waals surface area contributed by atoms with E-state index in [1.165, 1.54) is 19.1 Å². The number of hydrogen-bond acceptors (Lipinski definition) is 8. The summed E-state index contributed by atoms with van der Waals surface area (Å²) in [6, 6.07) is 7.82. The van der Waals surface area contributed by atoms with Gasteiger partial charge in [-0.15, -0.1) is 0 Å². The Balaban J connectivity index is 1.63. The number of alkyl halides is 3. The monoisotopic (exact) mass is 542 g/mol. The number of pyridine rings is 1. The summed E-state index contributed by atoms with van der Waals surface area (Å²) < 4.78 is 81.1. The molecule has 0 atom stereocenters. The highest BCUT2D eigenvalue weighted by atomic mass is 32.2. The highest BCUT2D eigenvalue weighted by Crippen LogP contribution is 2.27. The van der Waals surface area contributed by atoms with Gasteiger partial charge in [0.1, 0.15) is 17.7 Å². The Kier molecular flexibility index (Phi) is 8.37. The van der Waals surface area contributed by atoms with Crippen molar-refractivity contribution in [2.75, 3.05) is 24.6 Å². The number of nitrogens with zero attached hydrogens (tertiary/aromatic N) is 3. The van der Waals surface area contributed by atoms with Crippen molar-refractivity contribution in [3.8, 4) is 6.07 Å². The number of esters is 1. The van der Waals surface area contributed by atoms with Gasteiger partial charge in [-0.3, -0.25) is 9.52 Å². The first-order chi connectivity index (χ1) is 17.3. The molecular formula is C23H22F4N4O5S. The first-order valence-electron chi connectivity index (χ1n) is 11.0. The number of nitrogens with one attached hydrogen (secondary N) is 1. The molecule has 37 heavy (non-hydrogen) atoms. The van der Waals surface area contributed by atoms with Gasteiger partial charge in [0.25, 0.3) is 0 Å². The maximum Gasteiger partial charge on any atom is 0.422 e. The molecule has 2 aromatic rings. The second-order valence-electron chi connectivity index (χ2n) is 8.41. The lowest BCUT2D eigenvalue weighted by atomic mass is 9.96. The lowest BCUT2D eigenvalue weighted by Crippen LogP contribution is -2.43. The molecule has 0 saturated carbocycles. The summed E-state index contributed by atoms with van der Waals surface area (Å²) in [6.07, 6.45) is -4.23. The molecule has 0 aliphatic carbocycles. The molecule has 14 heteroatoms. The number of halogens is 4. The van der Waals surface area contributed by atoms with Crippen molar-refractivity contribution in [1.82, 2.24) is 9.71 Å². The first-order valence-corrected chi connectivity index (χ1v) is 12.6. The quantitative estimate of drug-likeness (QED) is 0.418. The fraction of sp³-hybridized carbons (Fsp3) is 0.391. The molecule has 1 N–H and O–H groups in total. The van der Waals surface area contributed by atoms with Crippen molar-refractivity contribution in [2.45, 2.75) is 31.7 Å². The van der Waals surface area contributed by atoms with Crippen LogP contribution < -0.4 is 9.62 Å². The van der Waals surface area contributed by atoms with E-state index in [0.29, 0.717) is 5.56 Å². The van der Waals surface area contributed by atoms with Crippen LogP contribution in [0.4, 0.5) is 23.4 Å². The zero-order chi connectivity index (χ0) is 27.4. The number of sulfonamides is 1. The van der Waals surface area contributed by atoms with E-state index in [1.54, 1.807) is 4.90 Å². The number of aryl methyl sites for hydroxylation is 1. The molecule has 1 amide bonds. The minimum absolute atomic E-state index is 0.0608. The number of hydrogen-bond donors (Lipinski definition) is 1. The molecule has 1 fully saturated rings. The van der Waals surface area contributed by atoms with E-state index >= 15 is 0 Å². The molecule has 1 aromatic carbocycles. The molecule has 198 valence electrons. The van der Waals surface area contributed by atoms with Crippen molar-refractivity contribution >= 4 is 27.7 Å². The van der Waals surface area contributed by atoms with Crippen LogP contribution in [0.1, 0.15) is 40.0 Å². The maximum absolute atomic E-state index is 13.0. The lowest BCUT2D eigenvalue weighted by molar-refractivity contribution is -0.161. The molecule has 2 heterocycles. The first kappa shape index (κ1) is 27.9. The average Bonchev–Trinajstić information content (AvgIpc) is 2.83. The Labute approximate surface area is 210 Å². The van der Waals surface area contributed by atoms with Crippen LogP contribution in [-0.4, -0.2) is 51.2 Å². The molecule has 0 bridgehead atoms. The van der Waals surface area contributed by atoms with Crippen molar-refractivity contribution in [3.05, 3.63) is 58.5 Å². The summed E-state index contributed by atoms with van der Waals surface area (Å²) in [6.45, 7) is 0.0787. The van der Waals surface area contributed by atoms with Crippen molar-refractivity contribution in [2.24, 2.45) is 5.92 Å². The van der Waals surface area contributed by atoms with E-state index in [9.17, 15) is 40.8 Å². The van der Waals surface area contributed by atoms with Gasteiger partial charge in [0, 0.05) is 19.0 Å². The molecule has 3 rings (SSSR count). The van der Waals surface area contributed by atoms with Gasteiger partial charge in [0.05, 0.1) is 22.6 Å². The average molecular weight is 543 g/mol. The summed E-state index contributed by atoms with van der Waals surface area (Å²) in [5.74, 6) is -3.41. The zero-order valence-corrected chi connectivity index (χ0v) is 20.3. The van der Waals surface area contributed by atoms with E-state index in [1.807, 2.05) is 10.8 Å². The smallest absolute Gasteiger partial charge is 0.422 e. The fourth-order valence-corrected chi connectivity index (χ4v) is 4.95. The summed E-state index contributed by atoms with van der Waals surface area (Å²) in [7, 11) is -4.01. The van der Waals surface area contributed by atoms with E-state index in [4.69, 9.17) is 0 Å². The number of anilines is 1. The summed E-state index contributed by atoms with van der Waals surface area (Å²) >= 11 is 0. The van der Waals surface area contributed by atoms with Gasteiger partial charge < -0.3 is 9.64 Å². The Morgan fingerprint density at radius 3 is 2.41 bits per heavy atom. The summed E-state index contributed by atoms with van der Waals surface area (Å²) in [5.41, 5.74) is 0.0418. The number of piperidine rings is 1. The number of amides is 1. The number of nitriles is 1. The molecule has 0 unspecified atom stereocenters. The molecule has 1 aliphatic heterocycles. The Morgan fingerprint density at radius 1 is 1.22 bits per heavy atom. The van der Waals surface area contributed by atoms with Crippen LogP contribution in [0.3, 0.4) is 0 Å². The number of aromatic nitrogens is 1. The predicted molar refractivity (Wildman–Crippen MR) is 122 cm³/mol. The Hall–Kier alpha value is -3.73. The second kappa shape index (κ2) is 11.1. The van der Waals surface area contributed by atoms with Crippen LogP contribution in [0, 0.1) is 30.0 Å². The van der Waals surface area contributed by atoms with Crippen LogP contribution in [0.2, 0.25) is 0 Å². The topological polar surface area (TPSA) is 129 Å². The number of ether oxygens (including phenoxy) is 1. The minimum Gasteiger partial charge on any atom is -0.452 e. The van der Waals surface area contributed by atoms with Crippen molar-refractivity contribution in [3.63, 3.8) is 0 Å². The van der Waals surface area contributed by atoms with Gasteiger partial charge in [-0.05, 0) is 43.5 Å². The van der Waals surface area contributed by atoms with Crippen LogP contribution in [-0.2, 0) is 25.3 Å². The third kappa shape index (κ3) is 7.63. The number of rotatable bonds is 7. The largest absolute Gasteiger partial charge is 0.452 e. The van der Waals surface area contributed by atoms with Gasteiger partial charge in [0.2, 0.25) is 15.9 Å². The molecule has 9 nitrogen and oxygen atoms in total. The highest BCUT2D eigenvalue weighted by molar-refractivity contribution is 7.89. The Morgan fingerprint density at radius 2 is 1.84 bits per heavy atom. The predicted octanol–water partition coefficient (Wildman–Crippen LogP) is 2.98. The highest BCUT2D eigenvalue weighted by Gasteiger charge is 2.32. The molecular weight excluding hydrogens is 520 g/mol. The summed E-state index contributed by atoms with van der Waals surface area (Å²) in [4.78, 5) is 30.5. The van der Waals surface area contributed by atoms with Gasteiger partial charge in [0.15, 0.2) is 6.61 Å². The van der Waals surface area contributed by atoms with Crippen LogP contribution >= 0.6 is 0 Å². The van der Waals surface area contributed by atoms with E-state index < -0.39 is 52.2 Å². The van der Waals surface area contributed by atoms with Crippen LogP contribution in [0.15, 0.2) is 30.3 Å². The third-order valence-corrected chi connectivity index (χ3v) is 6.82. The standard InChI is InChI=1S/C23H22F4N4O5S/c1-14-19(22(33)36-13-23(25,26)27)10-17(11-28)20(29-14)31-8-6-16(7-9-31)21(32)30-37(34,35)12-15-2-4-18(24)5-3-15/h2-5,10,16H,6-9,12-13H2,1H3,(H,30,32). The molecule has 1 saturated heterocycles. The van der Waals surface area contributed by atoms with Crippen LogP contribution in [0.5, 0.6) is 0 Å². The van der Waals surface area contributed by atoms with Crippen LogP contribution in [0.25, 0.3) is 0 Å². The van der Waals surface area contributed by atoms with E-state index in [-0.39, 0.29) is 48.6 Å². The minimum atomic E-state index is -4.70. The van der Waals surface area contributed by atoms with Gasteiger partial charge in [-0.2, -0.15) is 18.4 Å². The second-order valence-corrected chi connectivity index (χ2v) is 10.1. The fourth-order valence-electron chi connectivity index (χ4n) is 3.77. The number of benzene rings is 1. The summed E-state index contributed by atoms with van der Waals surface area (Å²) in [5, 5.41) is 9.51. The lowest BCUT2D eigenvalue weighted by Gasteiger charge is -2.32. The zero-order valence-electron chi connectivity index (χ0n) is 19.5. The molecule has 1 aliphatic rings. The number of carbonyl (C=O) groups is 2. The van der Waals surface area contributed by atoms with Gasteiger partial charge in [-0.25, -0.2) is 22.6 Å². The normalized spacial score (nSPS) is 14.6. The van der Waals surface area contributed by atoms with Gasteiger partial charge in [-0.1, -0.05) is 12.1 Å². The maximum atomic E-state index is 13.0. The third-order valence-electron chi connectivity index (χ3n) is 5.59. The molecule has 0 spiro atoms. The molecule has 1 aromatic heterocycles. The molecule has 0 radical (unpaired) electrons. The Bertz CT molecular complexity index is 1320. The van der Waals surface area contributed by atoms with Crippen molar-refractivity contribution in [1.29, 1.82) is 5.26 Å². The van der Waals surface area contributed by atoms with E-state index in [0.717, 1.165) is 18.2 Å². The van der Waals surface area contributed by atoms with Crippen molar-refractivity contribution < 1.29 is 40.3 Å². The number of carbonyl (C=O) groups excluding carboxylic acids is 2. The SMILES string of the molecule is Cc1nc(N2CCC(C(=O)NS(=O)(=O)Cc3ccc(F)cc3)CC2)c(C#N)cc1C(=O)OCC(F)(F)F. The van der Waals surface area contributed by atoms with Gasteiger partial charge >= 0.3 is 12.1 Å². The van der Waals surface area contributed by atoms with E-state index in [2.05, 4.69) is 9.72 Å².